The van der Waals surface area contributed by atoms with Crippen molar-refractivity contribution in [1.82, 2.24) is 29.9 Å². The van der Waals surface area contributed by atoms with E-state index >= 15 is 0 Å². The fourth-order valence-electron chi connectivity index (χ4n) is 4.70. The summed E-state index contributed by atoms with van der Waals surface area (Å²) in [6.45, 7) is 9.55. The molecule has 0 aliphatic carbocycles. The molecule has 0 spiro atoms. The van der Waals surface area contributed by atoms with Crippen LogP contribution in [0.5, 0.6) is 5.75 Å². The van der Waals surface area contributed by atoms with E-state index in [1.54, 1.807) is 35.1 Å². The third-order valence-electron chi connectivity index (χ3n) is 6.84. The lowest BCUT2D eigenvalue weighted by molar-refractivity contribution is -0.124. The molecule has 0 unspecified atom stereocenters. The molecule has 206 valence electrons. The molecular weight excluding hydrogens is 516 g/mol. The molecule has 2 aliphatic heterocycles. The first-order valence-corrected chi connectivity index (χ1v) is 14.4. The quantitative estimate of drug-likeness (QED) is 0.464. The summed E-state index contributed by atoms with van der Waals surface area (Å²) in [4.78, 5) is 12.9. The van der Waals surface area contributed by atoms with E-state index in [2.05, 4.69) is 59.9 Å². The van der Waals surface area contributed by atoms with E-state index in [0.29, 0.717) is 12.3 Å². The molecular formula is C28H34N6O4S. The minimum Gasteiger partial charge on any atom is -0.493 e. The largest absolute Gasteiger partial charge is 0.493 e. The Bertz CT molecular complexity index is 1490. The van der Waals surface area contributed by atoms with Crippen LogP contribution in [0, 0.1) is 6.92 Å². The summed E-state index contributed by atoms with van der Waals surface area (Å²) < 4.78 is 35.6. The highest BCUT2D eigenvalue weighted by Gasteiger charge is 2.36. The van der Waals surface area contributed by atoms with Crippen molar-refractivity contribution in [1.29, 1.82) is 0 Å². The SMILES string of the molecule is Cc1ccc(S(=O)(=O)N2C=CNC(=O)[C@H]2Cc2cn([C@@H]3CCOc4cc(CNC(C)(C)C)ccc43)nn2)cc1. The van der Waals surface area contributed by atoms with Crippen LogP contribution in [0.1, 0.15) is 55.6 Å². The summed E-state index contributed by atoms with van der Waals surface area (Å²) in [6, 6.07) is 11.7. The number of nitrogens with zero attached hydrogens (tertiary/aromatic N) is 4. The topological polar surface area (TPSA) is 118 Å². The van der Waals surface area contributed by atoms with Crippen LogP contribution in [0.4, 0.5) is 0 Å². The van der Waals surface area contributed by atoms with Gasteiger partial charge in [-0.3, -0.25) is 9.10 Å². The zero-order valence-corrected chi connectivity index (χ0v) is 23.4. The Morgan fingerprint density at radius 3 is 2.67 bits per heavy atom. The maximum atomic E-state index is 13.4. The zero-order valence-electron chi connectivity index (χ0n) is 22.6. The van der Waals surface area contributed by atoms with Gasteiger partial charge in [-0.05, 0) is 51.5 Å². The molecule has 11 heteroatoms. The highest BCUT2D eigenvalue weighted by molar-refractivity contribution is 7.89. The number of nitrogens with one attached hydrogen (secondary N) is 2. The van der Waals surface area contributed by atoms with E-state index < -0.39 is 22.0 Å². The van der Waals surface area contributed by atoms with Crippen molar-refractivity contribution in [3.05, 3.63) is 83.4 Å². The number of hydrogen-bond donors (Lipinski definition) is 2. The maximum absolute atomic E-state index is 13.4. The summed E-state index contributed by atoms with van der Waals surface area (Å²) in [5, 5.41) is 14.8. The minimum absolute atomic E-state index is 0.0104. The molecule has 0 fully saturated rings. The second kappa shape index (κ2) is 10.5. The number of aryl methyl sites for hydroxylation is 1. The van der Waals surface area contributed by atoms with Crippen LogP contribution in [-0.4, -0.2) is 51.8 Å². The fraction of sp³-hybridized carbons (Fsp3) is 0.393. The summed E-state index contributed by atoms with van der Waals surface area (Å²) in [5.41, 5.74) is 3.63. The van der Waals surface area contributed by atoms with Gasteiger partial charge in [-0.1, -0.05) is 35.0 Å². The molecule has 2 N–H and O–H groups in total. The summed E-state index contributed by atoms with van der Waals surface area (Å²) in [5.74, 6) is 0.402. The van der Waals surface area contributed by atoms with Gasteiger partial charge in [0.2, 0.25) is 5.91 Å². The van der Waals surface area contributed by atoms with E-state index in [9.17, 15) is 13.2 Å². The van der Waals surface area contributed by atoms with Crippen LogP contribution < -0.4 is 15.4 Å². The van der Waals surface area contributed by atoms with Crippen molar-refractivity contribution in [2.45, 2.75) is 69.6 Å². The minimum atomic E-state index is -3.94. The van der Waals surface area contributed by atoms with Crippen molar-refractivity contribution in [2.75, 3.05) is 6.61 Å². The molecule has 0 saturated carbocycles. The van der Waals surface area contributed by atoms with Crippen LogP contribution >= 0.6 is 0 Å². The molecule has 39 heavy (non-hydrogen) atoms. The van der Waals surface area contributed by atoms with E-state index in [1.165, 1.54) is 12.4 Å². The van der Waals surface area contributed by atoms with Gasteiger partial charge < -0.3 is 15.4 Å². The number of benzene rings is 2. The molecule has 0 saturated heterocycles. The predicted octanol–water partition coefficient (Wildman–Crippen LogP) is 3.05. The number of sulfonamides is 1. The first-order chi connectivity index (χ1) is 18.5. The van der Waals surface area contributed by atoms with E-state index in [4.69, 9.17) is 4.74 Å². The van der Waals surface area contributed by atoms with Gasteiger partial charge in [0.15, 0.2) is 0 Å². The summed E-state index contributed by atoms with van der Waals surface area (Å²) in [7, 11) is -3.94. The number of amides is 1. The fourth-order valence-corrected chi connectivity index (χ4v) is 6.14. The lowest BCUT2D eigenvalue weighted by Gasteiger charge is -2.31. The van der Waals surface area contributed by atoms with Crippen LogP contribution in [0.15, 0.2) is 66.0 Å². The van der Waals surface area contributed by atoms with Crippen LogP contribution in [-0.2, 0) is 27.8 Å². The number of fused-ring (bicyclic) bond motifs is 1. The lowest BCUT2D eigenvalue weighted by Crippen LogP contribution is -2.50. The number of hydrogen-bond acceptors (Lipinski definition) is 7. The van der Waals surface area contributed by atoms with Crippen LogP contribution in [0.3, 0.4) is 0 Å². The predicted molar refractivity (Wildman–Crippen MR) is 146 cm³/mol. The Morgan fingerprint density at radius 2 is 1.92 bits per heavy atom. The molecule has 1 aromatic heterocycles. The van der Waals surface area contributed by atoms with Crippen molar-refractivity contribution in [2.24, 2.45) is 0 Å². The number of ether oxygens (including phenoxy) is 1. The Labute approximate surface area is 229 Å². The van der Waals surface area contributed by atoms with Gasteiger partial charge in [0.1, 0.15) is 11.8 Å². The van der Waals surface area contributed by atoms with Crippen LogP contribution in [0.25, 0.3) is 0 Å². The van der Waals surface area contributed by atoms with Gasteiger partial charge in [0, 0.05) is 49.1 Å². The zero-order chi connectivity index (χ0) is 27.8. The average molecular weight is 551 g/mol. The van der Waals surface area contributed by atoms with Crippen molar-refractivity contribution >= 4 is 15.9 Å². The standard InChI is InChI=1S/C28H34N6O4S/c1-19-5-8-22(9-6-19)39(36,37)34-13-12-29-27(35)25(34)16-21-18-33(32-31-21)24-11-14-38-26-15-20(7-10-23(24)26)17-30-28(2,3)4/h5-10,12-13,15,18,24-25,30H,11,14,16-17H2,1-4H3,(H,29,35)/t24-,25-/m1/s1. The Balaban J connectivity index is 1.36. The molecule has 2 aliphatic rings. The van der Waals surface area contributed by atoms with E-state index in [1.807, 2.05) is 6.92 Å². The first-order valence-electron chi connectivity index (χ1n) is 13.0. The van der Waals surface area contributed by atoms with E-state index in [0.717, 1.165) is 39.7 Å². The molecule has 2 aromatic carbocycles. The highest BCUT2D eigenvalue weighted by Crippen LogP contribution is 2.35. The third-order valence-corrected chi connectivity index (χ3v) is 8.64. The van der Waals surface area contributed by atoms with Gasteiger partial charge in [0.05, 0.1) is 23.2 Å². The van der Waals surface area contributed by atoms with Gasteiger partial charge in [-0.15, -0.1) is 5.10 Å². The molecule has 5 rings (SSSR count). The summed E-state index contributed by atoms with van der Waals surface area (Å²) >= 11 is 0. The number of carbonyl (C=O) groups is 1. The van der Waals surface area contributed by atoms with Crippen molar-refractivity contribution < 1.29 is 17.9 Å². The number of carbonyl (C=O) groups excluding carboxylic acids is 1. The average Bonchev–Trinajstić information content (AvgIpc) is 3.36. The second-order valence-electron chi connectivity index (χ2n) is 11.0. The number of aromatic nitrogens is 3. The first kappa shape index (κ1) is 26.9. The second-order valence-corrected chi connectivity index (χ2v) is 12.9. The third kappa shape index (κ3) is 5.84. The Hall–Kier alpha value is -3.70. The van der Waals surface area contributed by atoms with Gasteiger partial charge >= 0.3 is 0 Å². The van der Waals surface area contributed by atoms with Gasteiger partial charge in [-0.25, -0.2) is 13.1 Å². The normalized spacial score (nSPS) is 19.4. The molecule has 10 nitrogen and oxygen atoms in total. The summed E-state index contributed by atoms with van der Waals surface area (Å²) in [6.07, 6.45) is 5.31. The lowest BCUT2D eigenvalue weighted by atomic mass is 9.98. The van der Waals surface area contributed by atoms with E-state index in [-0.39, 0.29) is 22.9 Å². The van der Waals surface area contributed by atoms with Gasteiger partial charge in [-0.2, -0.15) is 0 Å². The molecule has 2 atom stereocenters. The number of rotatable bonds is 7. The van der Waals surface area contributed by atoms with Crippen LogP contribution in [0.2, 0.25) is 0 Å². The Kier molecular flexibility index (Phi) is 7.21. The molecule has 0 bridgehead atoms. The Morgan fingerprint density at radius 1 is 1.15 bits per heavy atom. The monoisotopic (exact) mass is 550 g/mol. The molecule has 3 heterocycles. The molecule has 3 aromatic rings. The van der Waals surface area contributed by atoms with Crippen molar-refractivity contribution in [3.63, 3.8) is 0 Å². The van der Waals surface area contributed by atoms with Crippen molar-refractivity contribution in [3.8, 4) is 5.75 Å². The smallest absolute Gasteiger partial charge is 0.264 e. The highest BCUT2D eigenvalue weighted by atomic mass is 32.2. The van der Waals surface area contributed by atoms with Gasteiger partial charge in [0.25, 0.3) is 10.0 Å². The molecule has 1 amide bonds. The molecule has 0 radical (unpaired) electrons. The maximum Gasteiger partial charge on any atom is 0.264 e.